The van der Waals surface area contributed by atoms with Gasteiger partial charge >= 0.3 is 0 Å². The van der Waals surface area contributed by atoms with Crippen molar-refractivity contribution in [3.05, 3.63) is 28.2 Å². The summed E-state index contributed by atoms with van der Waals surface area (Å²) in [5.41, 5.74) is 1.24. The molecule has 18 heavy (non-hydrogen) atoms. The summed E-state index contributed by atoms with van der Waals surface area (Å²) in [6.07, 6.45) is 2.29. The molecule has 0 amide bonds. The van der Waals surface area contributed by atoms with Crippen LogP contribution in [-0.2, 0) is 11.3 Å². The second-order valence-corrected chi connectivity index (χ2v) is 5.15. The first kappa shape index (κ1) is 15.5. The zero-order chi connectivity index (χ0) is 13.4. The quantitative estimate of drug-likeness (QED) is 0.798. The smallest absolute Gasteiger partial charge is 0.133 e. The average Bonchev–Trinajstić information content (AvgIpc) is 2.36. The molecule has 0 spiro atoms. The zero-order valence-electron chi connectivity index (χ0n) is 11.3. The van der Waals surface area contributed by atoms with Crippen LogP contribution in [0.4, 0.5) is 0 Å². The third-order valence-corrected chi connectivity index (χ3v) is 3.44. The molecule has 0 fully saturated rings. The number of nitrogens with one attached hydrogen (secondary N) is 1. The first-order valence-electron chi connectivity index (χ1n) is 6.26. The van der Waals surface area contributed by atoms with E-state index in [0.717, 1.165) is 36.2 Å². The molecule has 1 aromatic carbocycles. The molecule has 0 aliphatic rings. The van der Waals surface area contributed by atoms with E-state index in [4.69, 9.17) is 9.47 Å². The highest BCUT2D eigenvalue weighted by molar-refractivity contribution is 9.10. The fourth-order valence-electron chi connectivity index (χ4n) is 1.88. The molecule has 0 aliphatic carbocycles. The minimum atomic E-state index is 0.417. The van der Waals surface area contributed by atoms with Crippen molar-refractivity contribution in [3.63, 3.8) is 0 Å². The first-order chi connectivity index (χ1) is 8.71. The van der Waals surface area contributed by atoms with E-state index >= 15 is 0 Å². The number of halogens is 1. The van der Waals surface area contributed by atoms with Crippen LogP contribution in [0.2, 0.25) is 0 Å². The molecule has 1 atom stereocenters. The van der Waals surface area contributed by atoms with E-state index in [-0.39, 0.29) is 0 Å². The lowest BCUT2D eigenvalue weighted by atomic mass is 10.1. The Kier molecular flexibility index (Phi) is 7.32. The fourth-order valence-corrected chi connectivity index (χ4v) is 2.46. The largest absolute Gasteiger partial charge is 0.496 e. The maximum absolute atomic E-state index is 5.22. The van der Waals surface area contributed by atoms with Crippen LogP contribution in [0.15, 0.2) is 22.7 Å². The zero-order valence-corrected chi connectivity index (χ0v) is 12.9. The number of methoxy groups -OCH3 is 2. The van der Waals surface area contributed by atoms with Crippen LogP contribution in [0.25, 0.3) is 0 Å². The summed E-state index contributed by atoms with van der Waals surface area (Å²) < 4.78 is 11.4. The fraction of sp³-hybridized carbons (Fsp3) is 0.571. The number of hydrogen-bond donors (Lipinski definition) is 1. The van der Waals surface area contributed by atoms with Gasteiger partial charge in [0.1, 0.15) is 5.75 Å². The van der Waals surface area contributed by atoms with E-state index in [9.17, 15) is 0 Å². The molecule has 102 valence electrons. The SMILES string of the molecule is CCCC(COC)NCc1ccc(OC)c(Br)c1. The van der Waals surface area contributed by atoms with Crippen LogP contribution in [0.5, 0.6) is 5.75 Å². The van der Waals surface area contributed by atoms with Crippen molar-refractivity contribution in [2.24, 2.45) is 0 Å². The molecule has 1 rings (SSSR count). The Bertz CT molecular complexity index is 352. The van der Waals surface area contributed by atoms with Gasteiger partial charge in [-0.25, -0.2) is 0 Å². The molecule has 0 heterocycles. The van der Waals surface area contributed by atoms with Gasteiger partial charge in [0.05, 0.1) is 18.2 Å². The summed E-state index contributed by atoms with van der Waals surface area (Å²) in [6, 6.07) is 6.56. The van der Waals surface area contributed by atoms with Crippen molar-refractivity contribution in [3.8, 4) is 5.75 Å². The lowest BCUT2D eigenvalue weighted by Crippen LogP contribution is -2.32. The van der Waals surface area contributed by atoms with Crippen LogP contribution in [0.1, 0.15) is 25.3 Å². The number of hydrogen-bond acceptors (Lipinski definition) is 3. The van der Waals surface area contributed by atoms with Gasteiger partial charge < -0.3 is 14.8 Å². The standard InChI is InChI=1S/C14H22BrNO2/c1-4-5-12(10-17-2)16-9-11-6-7-14(18-3)13(15)8-11/h6-8,12,16H,4-5,9-10H2,1-3H3. The minimum Gasteiger partial charge on any atom is -0.496 e. The van der Waals surface area contributed by atoms with E-state index in [2.05, 4.69) is 40.3 Å². The Morgan fingerprint density at radius 2 is 2.11 bits per heavy atom. The van der Waals surface area contributed by atoms with Gasteiger partial charge in [-0.2, -0.15) is 0 Å². The molecule has 0 aliphatic heterocycles. The minimum absolute atomic E-state index is 0.417. The predicted molar refractivity (Wildman–Crippen MR) is 78.1 cm³/mol. The molecule has 1 unspecified atom stereocenters. The number of ether oxygens (including phenoxy) is 2. The number of rotatable bonds is 8. The molecule has 4 heteroatoms. The summed E-state index contributed by atoms with van der Waals surface area (Å²) in [4.78, 5) is 0. The lowest BCUT2D eigenvalue weighted by molar-refractivity contribution is 0.161. The van der Waals surface area contributed by atoms with Gasteiger partial charge in [0.2, 0.25) is 0 Å². The van der Waals surface area contributed by atoms with E-state index < -0.39 is 0 Å². The number of benzene rings is 1. The van der Waals surface area contributed by atoms with Crippen molar-refractivity contribution < 1.29 is 9.47 Å². The molecule has 0 radical (unpaired) electrons. The summed E-state index contributed by atoms with van der Waals surface area (Å²) in [5.74, 6) is 0.862. The highest BCUT2D eigenvalue weighted by Crippen LogP contribution is 2.25. The molecule has 0 saturated heterocycles. The maximum atomic E-state index is 5.22. The van der Waals surface area contributed by atoms with E-state index in [1.807, 2.05) is 6.07 Å². The lowest BCUT2D eigenvalue weighted by Gasteiger charge is -2.17. The van der Waals surface area contributed by atoms with Gasteiger partial charge in [-0.15, -0.1) is 0 Å². The summed E-state index contributed by atoms with van der Waals surface area (Å²) in [6.45, 7) is 3.79. The molecule has 0 aromatic heterocycles. The summed E-state index contributed by atoms with van der Waals surface area (Å²) >= 11 is 3.50. The van der Waals surface area contributed by atoms with Gasteiger partial charge in [-0.05, 0) is 40.0 Å². The Labute approximate surface area is 118 Å². The van der Waals surface area contributed by atoms with Gasteiger partial charge in [-0.1, -0.05) is 19.4 Å². The molecular weight excluding hydrogens is 294 g/mol. The van der Waals surface area contributed by atoms with Crippen LogP contribution in [0.3, 0.4) is 0 Å². The highest BCUT2D eigenvalue weighted by Gasteiger charge is 2.07. The van der Waals surface area contributed by atoms with Crippen LogP contribution in [0, 0.1) is 0 Å². The van der Waals surface area contributed by atoms with Gasteiger partial charge in [-0.3, -0.25) is 0 Å². The average molecular weight is 316 g/mol. The molecular formula is C14H22BrNO2. The van der Waals surface area contributed by atoms with Crippen LogP contribution in [-0.4, -0.2) is 26.9 Å². The van der Waals surface area contributed by atoms with Crippen molar-refractivity contribution in [2.75, 3.05) is 20.8 Å². The Morgan fingerprint density at radius 1 is 1.33 bits per heavy atom. The second-order valence-electron chi connectivity index (χ2n) is 4.29. The molecule has 1 N–H and O–H groups in total. The van der Waals surface area contributed by atoms with Crippen molar-refractivity contribution >= 4 is 15.9 Å². The molecule has 0 saturated carbocycles. The second kappa shape index (κ2) is 8.51. The van der Waals surface area contributed by atoms with Crippen molar-refractivity contribution in [2.45, 2.75) is 32.4 Å². The Hall–Kier alpha value is -0.580. The van der Waals surface area contributed by atoms with Gasteiger partial charge in [0.25, 0.3) is 0 Å². The summed E-state index contributed by atoms with van der Waals surface area (Å²) in [5, 5.41) is 3.52. The first-order valence-corrected chi connectivity index (χ1v) is 7.05. The third kappa shape index (κ3) is 4.96. The topological polar surface area (TPSA) is 30.5 Å². The van der Waals surface area contributed by atoms with Gasteiger partial charge in [0.15, 0.2) is 0 Å². The Balaban J connectivity index is 2.53. The van der Waals surface area contributed by atoms with Crippen LogP contribution >= 0.6 is 15.9 Å². The maximum Gasteiger partial charge on any atom is 0.133 e. The monoisotopic (exact) mass is 315 g/mol. The predicted octanol–water partition coefficient (Wildman–Crippen LogP) is 3.36. The van der Waals surface area contributed by atoms with Crippen LogP contribution < -0.4 is 10.1 Å². The van der Waals surface area contributed by atoms with Crippen molar-refractivity contribution in [1.82, 2.24) is 5.32 Å². The molecule has 3 nitrogen and oxygen atoms in total. The van der Waals surface area contributed by atoms with E-state index in [0.29, 0.717) is 6.04 Å². The highest BCUT2D eigenvalue weighted by atomic mass is 79.9. The molecule has 1 aromatic rings. The third-order valence-electron chi connectivity index (χ3n) is 2.82. The van der Waals surface area contributed by atoms with Gasteiger partial charge in [0, 0.05) is 19.7 Å². The Morgan fingerprint density at radius 3 is 2.67 bits per heavy atom. The molecule has 0 bridgehead atoms. The van der Waals surface area contributed by atoms with E-state index in [1.165, 1.54) is 5.56 Å². The van der Waals surface area contributed by atoms with E-state index in [1.54, 1.807) is 14.2 Å². The van der Waals surface area contributed by atoms with Crippen molar-refractivity contribution in [1.29, 1.82) is 0 Å². The summed E-state index contributed by atoms with van der Waals surface area (Å²) in [7, 11) is 3.42. The normalized spacial score (nSPS) is 12.4.